The van der Waals surface area contributed by atoms with E-state index in [2.05, 4.69) is 10.3 Å². The van der Waals surface area contributed by atoms with Crippen LogP contribution in [-0.2, 0) is 11.3 Å². The molecule has 0 bridgehead atoms. The summed E-state index contributed by atoms with van der Waals surface area (Å²) in [6, 6.07) is 0. The molecule has 5 nitrogen and oxygen atoms in total. The quantitative estimate of drug-likeness (QED) is 0.573. The van der Waals surface area contributed by atoms with Gasteiger partial charge in [-0.3, -0.25) is 4.79 Å². The molecule has 0 aliphatic rings. The zero-order valence-electron chi connectivity index (χ0n) is 6.44. The molecular formula is C6H9N3O2. The lowest BCUT2D eigenvalue weighted by molar-refractivity contribution is -0.132. The van der Waals surface area contributed by atoms with Crippen LogP contribution in [0.2, 0.25) is 0 Å². The van der Waals surface area contributed by atoms with Gasteiger partial charge in [-0.25, -0.2) is 4.68 Å². The van der Waals surface area contributed by atoms with Crippen molar-refractivity contribution in [2.75, 3.05) is 0 Å². The Hall–Kier alpha value is -1.39. The second-order valence-corrected chi connectivity index (χ2v) is 1.98. The van der Waals surface area contributed by atoms with Crippen LogP contribution >= 0.6 is 0 Å². The molecule has 0 aromatic carbocycles. The van der Waals surface area contributed by atoms with Crippen LogP contribution in [0.3, 0.4) is 0 Å². The Bertz CT molecular complexity index is 256. The van der Waals surface area contributed by atoms with Gasteiger partial charge in [-0.2, -0.15) is 0 Å². The SMILES string of the molecule is CCn1nncc1OC(C)=O. The number of ether oxygens (including phenoxy) is 1. The van der Waals surface area contributed by atoms with E-state index in [1.165, 1.54) is 17.8 Å². The lowest BCUT2D eigenvalue weighted by Gasteiger charge is -2.00. The van der Waals surface area contributed by atoms with Gasteiger partial charge in [-0.1, -0.05) is 5.21 Å². The van der Waals surface area contributed by atoms with Crippen molar-refractivity contribution in [1.29, 1.82) is 0 Å². The second-order valence-electron chi connectivity index (χ2n) is 1.98. The largest absolute Gasteiger partial charge is 0.406 e. The number of nitrogens with zero attached hydrogens (tertiary/aromatic N) is 3. The normalized spacial score (nSPS) is 9.64. The Kier molecular flexibility index (Phi) is 2.20. The molecule has 0 fully saturated rings. The molecule has 0 unspecified atom stereocenters. The number of hydrogen-bond acceptors (Lipinski definition) is 4. The van der Waals surface area contributed by atoms with Gasteiger partial charge in [0.05, 0.1) is 0 Å². The van der Waals surface area contributed by atoms with Gasteiger partial charge in [0.1, 0.15) is 6.20 Å². The molecule has 0 amide bonds. The molecule has 1 heterocycles. The van der Waals surface area contributed by atoms with E-state index in [0.717, 1.165) is 0 Å². The predicted molar refractivity (Wildman–Crippen MR) is 37.0 cm³/mol. The summed E-state index contributed by atoms with van der Waals surface area (Å²) in [4.78, 5) is 10.5. The van der Waals surface area contributed by atoms with Gasteiger partial charge >= 0.3 is 5.97 Å². The van der Waals surface area contributed by atoms with Crippen molar-refractivity contribution in [1.82, 2.24) is 15.0 Å². The minimum absolute atomic E-state index is 0.359. The fourth-order valence-electron chi connectivity index (χ4n) is 0.694. The summed E-state index contributed by atoms with van der Waals surface area (Å²) in [7, 11) is 0. The van der Waals surface area contributed by atoms with Gasteiger partial charge in [0.15, 0.2) is 0 Å². The summed E-state index contributed by atoms with van der Waals surface area (Å²) < 4.78 is 6.28. The van der Waals surface area contributed by atoms with Crippen molar-refractivity contribution < 1.29 is 9.53 Å². The lowest BCUT2D eigenvalue weighted by atomic mass is 10.7. The van der Waals surface area contributed by atoms with Crippen LogP contribution in [-0.4, -0.2) is 21.0 Å². The van der Waals surface area contributed by atoms with Gasteiger partial charge in [-0.15, -0.1) is 5.10 Å². The van der Waals surface area contributed by atoms with Gasteiger partial charge in [0.25, 0.3) is 0 Å². The van der Waals surface area contributed by atoms with Crippen LogP contribution in [0.15, 0.2) is 6.20 Å². The van der Waals surface area contributed by atoms with Crippen molar-refractivity contribution in [3.05, 3.63) is 6.20 Å². The highest BCUT2D eigenvalue weighted by Crippen LogP contribution is 2.06. The molecule has 5 heteroatoms. The number of hydrogen-bond donors (Lipinski definition) is 0. The van der Waals surface area contributed by atoms with E-state index in [0.29, 0.717) is 12.4 Å². The number of rotatable bonds is 2. The van der Waals surface area contributed by atoms with Crippen LogP contribution in [0.4, 0.5) is 0 Å². The maximum Gasteiger partial charge on any atom is 0.309 e. The van der Waals surface area contributed by atoms with Crippen molar-refractivity contribution in [3.63, 3.8) is 0 Å². The Morgan fingerprint density at radius 2 is 2.55 bits per heavy atom. The number of aryl methyl sites for hydroxylation is 1. The molecule has 1 aromatic rings. The van der Waals surface area contributed by atoms with E-state index in [1.807, 2.05) is 6.92 Å². The molecule has 0 aliphatic carbocycles. The third-order valence-electron chi connectivity index (χ3n) is 1.13. The second kappa shape index (κ2) is 3.14. The Morgan fingerprint density at radius 3 is 3.09 bits per heavy atom. The smallest absolute Gasteiger partial charge is 0.309 e. The Morgan fingerprint density at radius 1 is 1.82 bits per heavy atom. The molecular weight excluding hydrogens is 146 g/mol. The third kappa shape index (κ3) is 1.76. The number of esters is 1. The van der Waals surface area contributed by atoms with E-state index in [1.54, 1.807) is 0 Å². The first-order valence-corrected chi connectivity index (χ1v) is 3.31. The average molecular weight is 155 g/mol. The van der Waals surface area contributed by atoms with Gasteiger partial charge < -0.3 is 4.74 Å². The summed E-state index contributed by atoms with van der Waals surface area (Å²) in [5.41, 5.74) is 0. The summed E-state index contributed by atoms with van der Waals surface area (Å²) in [6.45, 7) is 3.87. The molecule has 0 saturated carbocycles. The van der Waals surface area contributed by atoms with Crippen LogP contribution < -0.4 is 4.74 Å². The highest BCUT2D eigenvalue weighted by molar-refractivity contribution is 5.68. The molecule has 1 rings (SSSR count). The molecule has 0 N–H and O–H groups in total. The molecule has 0 atom stereocenters. The maximum absolute atomic E-state index is 10.5. The minimum Gasteiger partial charge on any atom is -0.406 e. The number of carbonyl (C=O) groups is 1. The van der Waals surface area contributed by atoms with Crippen LogP contribution in [0.5, 0.6) is 5.88 Å². The average Bonchev–Trinajstić information content (AvgIpc) is 2.34. The fourth-order valence-corrected chi connectivity index (χ4v) is 0.694. The topological polar surface area (TPSA) is 57.0 Å². The zero-order chi connectivity index (χ0) is 8.27. The van der Waals surface area contributed by atoms with E-state index in [9.17, 15) is 4.79 Å². The molecule has 0 spiro atoms. The van der Waals surface area contributed by atoms with E-state index in [4.69, 9.17) is 4.74 Å². The first kappa shape index (κ1) is 7.71. The van der Waals surface area contributed by atoms with Crippen LogP contribution in [0, 0.1) is 0 Å². The van der Waals surface area contributed by atoms with Crippen molar-refractivity contribution in [2.24, 2.45) is 0 Å². The summed E-state index contributed by atoms with van der Waals surface area (Å²) in [5.74, 6) is 0.0296. The van der Waals surface area contributed by atoms with Gasteiger partial charge in [0.2, 0.25) is 5.88 Å². The number of aromatic nitrogens is 3. The third-order valence-corrected chi connectivity index (χ3v) is 1.13. The summed E-state index contributed by atoms with van der Waals surface area (Å²) >= 11 is 0. The standard InChI is InChI=1S/C6H9N3O2/c1-3-9-6(4-7-8-9)11-5(2)10/h4H,3H2,1-2H3. The van der Waals surface area contributed by atoms with E-state index < -0.39 is 0 Å². The summed E-state index contributed by atoms with van der Waals surface area (Å²) in [6.07, 6.45) is 1.41. The minimum atomic E-state index is -0.359. The summed E-state index contributed by atoms with van der Waals surface area (Å²) in [5, 5.41) is 7.26. The van der Waals surface area contributed by atoms with Crippen LogP contribution in [0.25, 0.3) is 0 Å². The van der Waals surface area contributed by atoms with Crippen molar-refractivity contribution in [2.45, 2.75) is 20.4 Å². The molecule has 1 aromatic heterocycles. The van der Waals surface area contributed by atoms with Crippen molar-refractivity contribution in [3.8, 4) is 5.88 Å². The maximum atomic E-state index is 10.5. The van der Waals surface area contributed by atoms with Crippen molar-refractivity contribution >= 4 is 5.97 Å². The predicted octanol–water partition coefficient (Wildman–Crippen LogP) is 0.223. The Labute approximate surface area is 64.0 Å². The lowest BCUT2D eigenvalue weighted by Crippen LogP contribution is -2.07. The molecule has 11 heavy (non-hydrogen) atoms. The first-order chi connectivity index (χ1) is 5.24. The fraction of sp³-hybridized carbons (Fsp3) is 0.500. The van der Waals surface area contributed by atoms with Gasteiger partial charge in [0, 0.05) is 13.5 Å². The molecule has 0 radical (unpaired) electrons. The van der Waals surface area contributed by atoms with E-state index >= 15 is 0 Å². The molecule has 0 saturated heterocycles. The van der Waals surface area contributed by atoms with Gasteiger partial charge in [-0.05, 0) is 6.92 Å². The van der Waals surface area contributed by atoms with Crippen LogP contribution in [0.1, 0.15) is 13.8 Å². The highest BCUT2D eigenvalue weighted by atomic mass is 16.5. The zero-order valence-corrected chi connectivity index (χ0v) is 6.44. The first-order valence-electron chi connectivity index (χ1n) is 3.31. The van der Waals surface area contributed by atoms with E-state index in [-0.39, 0.29) is 5.97 Å². The number of carbonyl (C=O) groups excluding carboxylic acids is 1. The molecule has 0 aliphatic heterocycles. The monoisotopic (exact) mass is 155 g/mol. The molecule has 60 valence electrons. The Balaban J connectivity index is 2.76. The highest BCUT2D eigenvalue weighted by Gasteiger charge is 2.04.